The summed E-state index contributed by atoms with van der Waals surface area (Å²) in [6, 6.07) is 0.282. The van der Waals surface area contributed by atoms with Gasteiger partial charge in [-0.2, -0.15) is 5.10 Å². The van der Waals surface area contributed by atoms with Crippen LogP contribution in [0, 0.1) is 6.92 Å². The average molecular weight is 308 g/mol. The van der Waals surface area contributed by atoms with E-state index in [0.29, 0.717) is 0 Å². The van der Waals surface area contributed by atoms with Crippen molar-refractivity contribution in [3.05, 3.63) is 28.0 Å². The van der Waals surface area contributed by atoms with Crippen LogP contribution >= 0.6 is 11.3 Å². The van der Waals surface area contributed by atoms with Gasteiger partial charge in [0.25, 0.3) is 0 Å². The molecule has 1 unspecified atom stereocenters. The molecule has 1 atom stereocenters. The molecule has 116 valence electrons. The third-order valence-corrected chi connectivity index (χ3v) is 4.10. The lowest BCUT2D eigenvalue weighted by molar-refractivity contribution is 0.392. The minimum absolute atomic E-state index is 0.00903. The molecule has 0 amide bonds. The minimum Gasteiger partial charge on any atom is -0.493 e. The Kier molecular flexibility index (Phi) is 5.36. The van der Waals surface area contributed by atoms with Crippen molar-refractivity contribution in [1.82, 2.24) is 20.1 Å². The van der Waals surface area contributed by atoms with Crippen LogP contribution in [-0.2, 0) is 0 Å². The molecule has 0 spiro atoms. The van der Waals surface area contributed by atoms with Crippen LogP contribution in [0.3, 0.4) is 0 Å². The van der Waals surface area contributed by atoms with Gasteiger partial charge in [-0.15, -0.1) is 11.3 Å². The summed E-state index contributed by atoms with van der Waals surface area (Å²) in [5.41, 5.74) is 2.08. The highest BCUT2D eigenvalue weighted by atomic mass is 32.1. The van der Waals surface area contributed by atoms with E-state index in [1.54, 1.807) is 24.6 Å². The minimum atomic E-state index is 0.00903. The molecular weight excluding hydrogens is 284 g/mol. The van der Waals surface area contributed by atoms with Gasteiger partial charge in [0.1, 0.15) is 5.69 Å². The molecule has 5 nitrogen and oxygen atoms in total. The Balaban J connectivity index is 2.47. The maximum absolute atomic E-state index is 5.52. The first-order valence-electron chi connectivity index (χ1n) is 7.35. The number of aromatic nitrogens is 3. The van der Waals surface area contributed by atoms with Gasteiger partial charge in [-0.25, -0.2) is 4.98 Å². The van der Waals surface area contributed by atoms with Crippen LogP contribution in [0.1, 0.15) is 55.7 Å². The normalized spacial score (nSPS) is 12.9. The standard InChI is InChI=1S/C15H24N4OS/c1-6-7-16-14(12-9-21-11(4)18-12)15-13(20-5)8-17-19(15)10(2)3/h8-10,14,16H,6-7H2,1-5H3. The molecule has 0 bridgehead atoms. The molecule has 0 aliphatic rings. The number of nitrogens with zero attached hydrogens (tertiary/aromatic N) is 3. The molecule has 0 aliphatic heterocycles. The highest BCUT2D eigenvalue weighted by Crippen LogP contribution is 2.32. The number of hydrogen-bond acceptors (Lipinski definition) is 5. The van der Waals surface area contributed by atoms with Gasteiger partial charge in [-0.05, 0) is 33.7 Å². The Bertz CT molecular complexity index is 576. The number of nitrogens with one attached hydrogen (secondary N) is 1. The van der Waals surface area contributed by atoms with Gasteiger partial charge in [0.2, 0.25) is 0 Å². The van der Waals surface area contributed by atoms with Crippen molar-refractivity contribution in [1.29, 1.82) is 0 Å². The average Bonchev–Trinajstić information content (AvgIpc) is 3.06. The third kappa shape index (κ3) is 3.44. The van der Waals surface area contributed by atoms with Crippen molar-refractivity contribution in [3.63, 3.8) is 0 Å². The van der Waals surface area contributed by atoms with Gasteiger partial charge >= 0.3 is 0 Å². The zero-order chi connectivity index (χ0) is 15.4. The van der Waals surface area contributed by atoms with E-state index in [2.05, 4.69) is 41.6 Å². The molecule has 6 heteroatoms. The van der Waals surface area contributed by atoms with Gasteiger partial charge in [-0.1, -0.05) is 6.92 Å². The van der Waals surface area contributed by atoms with E-state index < -0.39 is 0 Å². The zero-order valence-corrected chi connectivity index (χ0v) is 14.2. The zero-order valence-electron chi connectivity index (χ0n) is 13.4. The molecule has 0 radical (unpaired) electrons. The molecule has 1 N–H and O–H groups in total. The van der Waals surface area contributed by atoms with E-state index in [4.69, 9.17) is 4.74 Å². The fraction of sp³-hybridized carbons (Fsp3) is 0.600. The molecule has 21 heavy (non-hydrogen) atoms. The van der Waals surface area contributed by atoms with Gasteiger partial charge in [0.05, 0.1) is 30.1 Å². The lowest BCUT2D eigenvalue weighted by atomic mass is 10.1. The Morgan fingerprint density at radius 1 is 1.43 bits per heavy atom. The van der Waals surface area contributed by atoms with Crippen LogP contribution < -0.4 is 10.1 Å². The number of methoxy groups -OCH3 is 1. The van der Waals surface area contributed by atoms with Crippen molar-refractivity contribution in [2.45, 2.75) is 46.2 Å². The molecule has 2 heterocycles. The molecule has 2 aromatic heterocycles. The quantitative estimate of drug-likeness (QED) is 0.852. The highest BCUT2D eigenvalue weighted by Gasteiger charge is 2.26. The van der Waals surface area contributed by atoms with E-state index in [1.807, 2.05) is 11.6 Å². The first kappa shape index (κ1) is 16.0. The predicted octanol–water partition coefficient (Wildman–Crippen LogP) is 3.33. The summed E-state index contributed by atoms with van der Waals surface area (Å²) < 4.78 is 7.53. The summed E-state index contributed by atoms with van der Waals surface area (Å²) >= 11 is 1.67. The van der Waals surface area contributed by atoms with E-state index in [1.165, 1.54) is 0 Å². The largest absolute Gasteiger partial charge is 0.493 e. The first-order valence-corrected chi connectivity index (χ1v) is 8.23. The third-order valence-electron chi connectivity index (χ3n) is 3.31. The predicted molar refractivity (Wildman–Crippen MR) is 86.2 cm³/mol. The van der Waals surface area contributed by atoms with Gasteiger partial charge in [-0.3, -0.25) is 4.68 Å². The second-order valence-electron chi connectivity index (χ2n) is 5.32. The smallest absolute Gasteiger partial charge is 0.162 e. The van der Waals surface area contributed by atoms with E-state index >= 15 is 0 Å². The Morgan fingerprint density at radius 2 is 2.19 bits per heavy atom. The maximum Gasteiger partial charge on any atom is 0.162 e. The van der Waals surface area contributed by atoms with Crippen LogP contribution in [0.4, 0.5) is 0 Å². The van der Waals surface area contributed by atoms with Crippen LogP contribution in [0.5, 0.6) is 5.75 Å². The fourth-order valence-corrected chi connectivity index (χ4v) is 2.98. The topological polar surface area (TPSA) is 52.0 Å². The van der Waals surface area contributed by atoms with Crippen molar-refractivity contribution in [3.8, 4) is 5.75 Å². The molecule has 0 aliphatic carbocycles. The lowest BCUT2D eigenvalue weighted by Gasteiger charge is -2.21. The van der Waals surface area contributed by atoms with Crippen LogP contribution in [0.25, 0.3) is 0 Å². The van der Waals surface area contributed by atoms with Crippen molar-refractivity contribution in [2.75, 3.05) is 13.7 Å². The maximum atomic E-state index is 5.52. The number of hydrogen-bond donors (Lipinski definition) is 1. The summed E-state index contributed by atoms with van der Waals surface area (Å²) in [6.45, 7) is 9.36. The summed E-state index contributed by atoms with van der Waals surface area (Å²) in [5.74, 6) is 0.808. The fourth-order valence-electron chi connectivity index (χ4n) is 2.34. The number of rotatable bonds is 7. The van der Waals surface area contributed by atoms with Crippen molar-refractivity contribution >= 4 is 11.3 Å². The monoisotopic (exact) mass is 308 g/mol. The molecule has 0 aromatic carbocycles. The van der Waals surface area contributed by atoms with E-state index in [0.717, 1.165) is 35.1 Å². The number of ether oxygens (including phenoxy) is 1. The van der Waals surface area contributed by atoms with E-state index in [-0.39, 0.29) is 12.1 Å². The van der Waals surface area contributed by atoms with Gasteiger partial charge < -0.3 is 10.1 Å². The molecular formula is C15H24N4OS. The summed E-state index contributed by atoms with van der Waals surface area (Å²) in [5, 5.41) is 11.2. The Hall–Kier alpha value is -1.40. The van der Waals surface area contributed by atoms with Crippen LogP contribution in [-0.4, -0.2) is 28.4 Å². The molecule has 0 saturated carbocycles. The molecule has 0 saturated heterocycles. The summed E-state index contributed by atoms with van der Waals surface area (Å²) in [6.07, 6.45) is 2.85. The van der Waals surface area contributed by atoms with E-state index in [9.17, 15) is 0 Å². The molecule has 2 aromatic rings. The second-order valence-corrected chi connectivity index (χ2v) is 6.38. The van der Waals surface area contributed by atoms with Gasteiger partial charge in [0.15, 0.2) is 5.75 Å². The van der Waals surface area contributed by atoms with Crippen LogP contribution in [0.2, 0.25) is 0 Å². The number of aryl methyl sites for hydroxylation is 1. The number of thiazole rings is 1. The van der Waals surface area contributed by atoms with Crippen molar-refractivity contribution < 1.29 is 4.74 Å². The Morgan fingerprint density at radius 3 is 2.71 bits per heavy atom. The van der Waals surface area contributed by atoms with Crippen molar-refractivity contribution in [2.24, 2.45) is 0 Å². The van der Waals surface area contributed by atoms with Gasteiger partial charge in [0, 0.05) is 11.4 Å². The second kappa shape index (κ2) is 7.04. The molecule has 2 rings (SSSR count). The highest BCUT2D eigenvalue weighted by molar-refractivity contribution is 7.09. The molecule has 0 fully saturated rings. The Labute approximate surface area is 130 Å². The lowest BCUT2D eigenvalue weighted by Crippen LogP contribution is -2.27. The summed E-state index contributed by atoms with van der Waals surface area (Å²) in [4.78, 5) is 4.66. The summed E-state index contributed by atoms with van der Waals surface area (Å²) in [7, 11) is 1.69. The SMILES string of the molecule is CCCNC(c1csc(C)n1)c1c(OC)cnn1C(C)C. The first-order chi connectivity index (χ1) is 10.1. The van der Waals surface area contributed by atoms with Crippen LogP contribution in [0.15, 0.2) is 11.6 Å².